The molecule has 4 heteroatoms. The molecule has 1 unspecified atom stereocenters. The van der Waals surface area contributed by atoms with Gasteiger partial charge in [-0.15, -0.1) is 0 Å². The lowest BCUT2D eigenvalue weighted by molar-refractivity contribution is 0.0422. The van der Waals surface area contributed by atoms with Gasteiger partial charge in [-0.05, 0) is 24.9 Å². The Morgan fingerprint density at radius 3 is 2.71 bits per heavy atom. The highest BCUT2D eigenvalue weighted by Crippen LogP contribution is 2.33. The van der Waals surface area contributed by atoms with Crippen LogP contribution in [-0.2, 0) is 12.0 Å². The SMILES string of the molecule is CC(C)(C)c1cnn2c1OCC(N1CCC1)C2. The number of nitrogens with zero attached hydrogens (tertiary/aromatic N) is 3. The Bertz CT molecular complexity index is 415. The first-order chi connectivity index (χ1) is 8.05. The monoisotopic (exact) mass is 235 g/mol. The van der Waals surface area contributed by atoms with E-state index in [9.17, 15) is 0 Å². The molecule has 1 atom stereocenters. The van der Waals surface area contributed by atoms with Crippen molar-refractivity contribution >= 4 is 0 Å². The van der Waals surface area contributed by atoms with Crippen molar-refractivity contribution in [3.05, 3.63) is 11.8 Å². The average molecular weight is 235 g/mol. The molecule has 0 spiro atoms. The van der Waals surface area contributed by atoms with Crippen molar-refractivity contribution in [2.75, 3.05) is 19.7 Å². The van der Waals surface area contributed by atoms with Gasteiger partial charge >= 0.3 is 0 Å². The van der Waals surface area contributed by atoms with Crippen molar-refractivity contribution < 1.29 is 4.74 Å². The zero-order valence-electron chi connectivity index (χ0n) is 10.9. The minimum atomic E-state index is 0.108. The molecule has 4 nitrogen and oxygen atoms in total. The summed E-state index contributed by atoms with van der Waals surface area (Å²) in [6.45, 7) is 10.8. The smallest absolute Gasteiger partial charge is 0.215 e. The molecule has 0 saturated carbocycles. The summed E-state index contributed by atoms with van der Waals surface area (Å²) in [7, 11) is 0. The lowest BCUT2D eigenvalue weighted by Gasteiger charge is -2.40. The van der Waals surface area contributed by atoms with Crippen molar-refractivity contribution in [2.24, 2.45) is 0 Å². The third-order valence-corrected chi connectivity index (χ3v) is 3.80. The molecule has 1 aromatic heterocycles. The summed E-state index contributed by atoms with van der Waals surface area (Å²) in [6.07, 6.45) is 3.30. The molecule has 0 amide bonds. The Morgan fingerprint density at radius 2 is 2.12 bits per heavy atom. The molecular weight excluding hydrogens is 214 g/mol. The van der Waals surface area contributed by atoms with Gasteiger partial charge < -0.3 is 4.74 Å². The quantitative estimate of drug-likeness (QED) is 0.741. The first kappa shape index (κ1) is 11.1. The molecule has 0 aromatic carbocycles. The summed E-state index contributed by atoms with van der Waals surface area (Å²) in [4.78, 5) is 2.49. The Labute approximate surface area is 103 Å². The van der Waals surface area contributed by atoms with E-state index in [-0.39, 0.29) is 5.41 Å². The van der Waals surface area contributed by atoms with Crippen molar-refractivity contribution in [3.63, 3.8) is 0 Å². The minimum Gasteiger partial charge on any atom is -0.476 e. The summed E-state index contributed by atoms with van der Waals surface area (Å²) in [5.74, 6) is 0.981. The number of likely N-dealkylation sites (tertiary alicyclic amines) is 1. The first-order valence-electron chi connectivity index (χ1n) is 6.49. The van der Waals surface area contributed by atoms with Crippen LogP contribution in [0.25, 0.3) is 0 Å². The van der Waals surface area contributed by atoms with Gasteiger partial charge in [0.1, 0.15) is 6.61 Å². The maximum Gasteiger partial charge on any atom is 0.215 e. The second kappa shape index (κ2) is 3.73. The average Bonchev–Trinajstić information content (AvgIpc) is 2.56. The molecule has 94 valence electrons. The van der Waals surface area contributed by atoms with Crippen LogP contribution in [0, 0.1) is 0 Å². The Kier molecular flexibility index (Phi) is 2.43. The van der Waals surface area contributed by atoms with E-state index in [1.54, 1.807) is 0 Å². The fourth-order valence-corrected chi connectivity index (χ4v) is 2.53. The van der Waals surface area contributed by atoms with Crippen LogP contribution < -0.4 is 4.74 Å². The van der Waals surface area contributed by atoms with Gasteiger partial charge in [-0.1, -0.05) is 20.8 Å². The van der Waals surface area contributed by atoms with Crippen LogP contribution in [0.5, 0.6) is 5.88 Å². The maximum atomic E-state index is 5.95. The van der Waals surface area contributed by atoms with E-state index in [0.29, 0.717) is 6.04 Å². The van der Waals surface area contributed by atoms with Crippen molar-refractivity contribution in [1.82, 2.24) is 14.7 Å². The minimum absolute atomic E-state index is 0.108. The Hall–Kier alpha value is -1.03. The molecule has 1 fully saturated rings. The van der Waals surface area contributed by atoms with Crippen LogP contribution in [0.4, 0.5) is 0 Å². The van der Waals surface area contributed by atoms with Crippen LogP contribution >= 0.6 is 0 Å². The van der Waals surface area contributed by atoms with Gasteiger partial charge in [0.05, 0.1) is 18.8 Å². The summed E-state index contributed by atoms with van der Waals surface area (Å²) in [6, 6.07) is 0.518. The van der Waals surface area contributed by atoms with E-state index in [2.05, 4.69) is 30.8 Å². The molecule has 2 aliphatic heterocycles. The van der Waals surface area contributed by atoms with Crippen molar-refractivity contribution in [2.45, 2.75) is 45.2 Å². The summed E-state index contributed by atoms with van der Waals surface area (Å²) >= 11 is 0. The van der Waals surface area contributed by atoms with E-state index in [0.717, 1.165) is 19.0 Å². The van der Waals surface area contributed by atoms with Gasteiger partial charge in [0.15, 0.2) is 0 Å². The van der Waals surface area contributed by atoms with Gasteiger partial charge in [-0.3, -0.25) is 4.90 Å². The summed E-state index contributed by atoms with van der Waals surface area (Å²) in [5, 5.41) is 4.48. The van der Waals surface area contributed by atoms with Crippen LogP contribution in [0.3, 0.4) is 0 Å². The highest BCUT2D eigenvalue weighted by molar-refractivity contribution is 5.32. The van der Waals surface area contributed by atoms with Crippen LogP contribution in [0.2, 0.25) is 0 Å². The van der Waals surface area contributed by atoms with Crippen molar-refractivity contribution in [1.29, 1.82) is 0 Å². The lowest BCUT2D eigenvalue weighted by atomic mass is 9.89. The maximum absolute atomic E-state index is 5.95. The molecule has 3 heterocycles. The third kappa shape index (κ3) is 1.84. The van der Waals surface area contributed by atoms with E-state index in [1.807, 2.05) is 10.9 Å². The number of fused-ring (bicyclic) bond motifs is 1. The molecule has 3 rings (SSSR count). The standard InChI is InChI=1S/C13H21N3O/c1-13(2,3)11-7-14-16-8-10(9-17-12(11)16)15-5-4-6-15/h7,10H,4-6,8-9H2,1-3H3. The van der Waals surface area contributed by atoms with Gasteiger partial charge in [0.2, 0.25) is 5.88 Å². The molecule has 1 saturated heterocycles. The number of rotatable bonds is 1. The zero-order valence-corrected chi connectivity index (χ0v) is 10.9. The van der Waals surface area contributed by atoms with Crippen LogP contribution in [0.1, 0.15) is 32.8 Å². The molecule has 1 aromatic rings. The van der Waals surface area contributed by atoms with E-state index < -0.39 is 0 Å². The fraction of sp³-hybridized carbons (Fsp3) is 0.769. The Balaban J connectivity index is 1.82. The zero-order chi connectivity index (χ0) is 12.0. The molecule has 0 radical (unpaired) electrons. The van der Waals surface area contributed by atoms with E-state index >= 15 is 0 Å². The number of aromatic nitrogens is 2. The largest absolute Gasteiger partial charge is 0.476 e. The molecular formula is C13H21N3O. The number of hydrogen-bond donors (Lipinski definition) is 0. The van der Waals surface area contributed by atoms with Gasteiger partial charge in [-0.2, -0.15) is 5.10 Å². The lowest BCUT2D eigenvalue weighted by Crippen LogP contribution is -2.51. The molecule has 0 bridgehead atoms. The summed E-state index contributed by atoms with van der Waals surface area (Å²) in [5.41, 5.74) is 1.33. The molecule has 2 aliphatic rings. The predicted molar refractivity (Wildman–Crippen MR) is 66.4 cm³/mol. The number of ether oxygens (including phenoxy) is 1. The fourth-order valence-electron chi connectivity index (χ4n) is 2.53. The highest BCUT2D eigenvalue weighted by Gasteiger charge is 2.32. The van der Waals surface area contributed by atoms with Gasteiger partial charge in [0.25, 0.3) is 0 Å². The molecule has 17 heavy (non-hydrogen) atoms. The van der Waals surface area contributed by atoms with Crippen molar-refractivity contribution in [3.8, 4) is 5.88 Å². The van der Waals surface area contributed by atoms with Crippen LogP contribution in [0.15, 0.2) is 6.20 Å². The molecule has 0 N–H and O–H groups in total. The second-order valence-corrected chi connectivity index (χ2v) is 6.15. The Morgan fingerprint density at radius 1 is 1.35 bits per heavy atom. The second-order valence-electron chi connectivity index (χ2n) is 6.15. The number of hydrogen-bond acceptors (Lipinski definition) is 3. The summed E-state index contributed by atoms with van der Waals surface area (Å²) < 4.78 is 7.98. The van der Waals surface area contributed by atoms with Gasteiger partial charge in [-0.25, -0.2) is 4.68 Å². The highest BCUT2D eigenvalue weighted by atomic mass is 16.5. The van der Waals surface area contributed by atoms with Crippen LogP contribution in [-0.4, -0.2) is 40.4 Å². The van der Waals surface area contributed by atoms with E-state index in [1.165, 1.54) is 25.1 Å². The van der Waals surface area contributed by atoms with Gasteiger partial charge in [0, 0.05) is 5.56 Å². The predicted octanol–water partition coefficient (Wildman–Crippen LogP) is 1.65. The van der Waals surface area contributed by atoms with E-state index in [4.69, 9.17) is 4.74 Å². The molecule has 0 aliphatic carbocycles. The third-order valence-electron chi connectivity index (χ3n) is 3.80. The topological polar surface area (TPSA) is 30.3 Å². The normalized spacial score (nSPS) is 25.0. The first-order valence-corrected chi connectivity index (χ1v) is 6.49.